The van der Waals surface area contributed by atoms with Gasteiger partial charge in [0.15, 0.2) is 0 Å². The molecule has 2 aromatic rings. The molecule has 6 nitrogen and oxygen atoms in total. The highest BCUT2D eigenvalue weighted by Crippen LogP contribution is 2.38. The summed E-state index contributed by atoms with van der Waals surface area (Å²) in [5, 5.41) is 6.89. The lowest BCUT2D eigenvalue weighted by Crippen LogP contribution is -2.22. The minimum Gasteiger partial charge on any atom is -0.326 e. The molecule has 1 fully saturated rings. The Labute approximate surface area is 85.1 Å². The molecular formula is C9H11N5O. The molecule has 1 saturated carbocycles. The molecule has 15 heavy (non-hydrogen) atoms. The van der Waals surface area contributed by atoms with E-state index in [0.29, 0.717) is 17.3 Å². The highest BCUT2D eigenvalue weighted by molar-refractivity contribution is 5.31. The van der Waals surface area contributed by atoms with Gasteiger partial charge in [0, 0.05) is 24.2 Å². The van der Waals surface area contributed by atoms with E-state index in [1.54, 1.807) is 4.40 Å². The van der Waals surface area contributed by atoms with Crippen LogP contribution in [0.5, 0.6) is 0 Å². The number of nitrogens with zero attached hydrogens (tertiary/aromatic N) is 3. The zero-order chi connectivity index (χ0) is 10.4. The van der Waals surface area contributed by atoms with Crippen LogP contribution < -0.4 is 11.3 Å². The number of aromatic amines is 1. The molecule has 0 atom stereocenters. The Morgan fingerprint density at radius 1 is 1.60 bits per heavy atom. The SMILES string of the molecule is NCc1cnc2[nH]nc(C3CC3)n2c1=O. The fraction of sp³-hybridized carbons (Fsp3) is 0.444. The first-order chi connectivity index (χ1) is 7.31. The standard InChI is InChI=1S/C9H11N5O/c10-3-6-4-11-9-13-12-7(5-1-2-5)14(9)8(6)15/h4-5H,1-3,10H2,(H,11,13). The van der Waals surface area contributed by atoms with Crippen molar-refractivity contribution in [3.05, 3.63) is 27.9 Å². The number of hydrogen-bond acceptors (Lipinski definition) is 4. The number of hydrogen-bond donors (Lipinski definition) is 2. The van der Waals surface area contributed by atoms with Gasteiger partial charge in [0.2, 0.25) is 5.78 Å². The Kier molecular flexibility index (Phi) is 1.66. The Hall–Kier alpha value is -1.69. The third kappa shape index (κ3) is 1.18. The first kappa shape index (κ1) is 8.60. The van der Waals surface area contributed by atoms with Crippen LogP contribution in [0.25, 0.3) is 5.78 Å². The monoisotopic (exact) mass is 205 g/mol. The van der Waals surface area contributed by atoms with Crippen molar-refractivity contribution in [3.8, 4) is 0 Å². The molecule has 0 spiro atoms. The largest absolute Gasteiger partial charge is 0.326 e. The summed E-state index contributed by atoms with van der Waals surface area (Å²) in [5.74, 6) is 1.70. The number of nitrogens with two attached hydrogens (primary N) is 1. The average Bonchev–Trinajstić information content (AvgIpc) is 2.99. The maximum Gasteiger partial charge on any atom is 0.265 e. The van der Waals surface area contributed by atoms with Gasteiger partial charge < -0.3 is 5.73 Å². The van der Waals surface area contributed by atoms with Crippen LogP contribution >= 0.6 is 0 Å². The van der Waals surface area contributed by atoms with Crippen molar-refractivity contribution in [2.24, 2.45) is 5.73 Å². The van der Waals surface area contributed by atoms with Crippen molar-refractivity contribution < 1.29 is 0 Å². The van der Waals surface area contributed by atoms with Gasteiger partial charge in [-0.3, -0.25) is 4.79 Å². The van der Waals surface area contributed by atoms with Crippen molar-refractivity contribution in [1.29, 1.82) is 0 Å². The van der Waals surface area contributed by atoms with Gasteiger partial charge in [-0.05, 0) is 12.8 Å². The third-order valence-corrected chi connectivity index (χ3v) is 2.69. The highest BCUT2D eigenvalue weighted by Gasteiger charge is 2.29. The fourth-order valence-corrected chi connectivity index (χ4v) is 1.70. The molecule has 3 N–H and O–H groups in total. The highest BCUT2D eigenvalue weighted by atomic mass is 16.1. The van der Waals surface area contributed by atoms with Gasteiger partial charge in [0.05, 0.1) is 0 Å². The summed E-state index contributed by atoms with van der Waals surface area (Å²) in [6.45, 7) is 0.212. The quantitative estimate of drug-likeness (QED) is 0.707. The molecule has 0 saturated heterocycles. The number of rotatable bonds is 2. The summed E-state index contributed by atoms with van der Waals surface area (Å²) < 4.78 is 1.54. The Balaban J connectivity index is 2.34. The van der Waals surface area contributed by atoms with Crippen LogP contribution in [0.1, 0.15) is 30.1 Å². The second-order valence-electron chi connectivity index (χ2n) is 3.81. The summed E-state index contributed by atoms with van der Waals surface area (Å²) in [6.07, 6.45) is 3.70. The molecule has 0 amide bonds. The zero-order valence-corrected chi connectivity index (χ0v) is 8.10. The van der Waals surface area contributed by atoms with E-state index in [-0.39, 0.29) is 12.1 Å². The van der Waals surface area contributed by atoms with Crippen LogP contribution in [-0.2, 0) is 6.54 Å². The molecule has 0 aromatic carbocycles. The van der Waals surface area contributed by atoms with E-state index < -0.39 is 0 Å². The van der Waals surface area contributed by atoms with Crippen LogP contribution in [-0.4, -0.2) is 19.6 Å². The maximum atomic E-state index is 12.0. The lowest BCUT2D eigenvalue weighted by atomic mass is 10.3. The van der Waals surface area contributed by atoms with Crippen molar-refractivity contribution >= 4 is 5.78 Å². The average molecular weight is 205 g/mol. The normalized spacial score (nSPS) is 16.1. The maximum absolute atomic E-state index is 12.0. The van der Waals surface area contributed by atoms with E-state index in [2.05, 4.69) is 15.2 Å². The van der Waals surface area contributed by atoms with Gasteiger partial charge in [0.25, 0.3) is 5.56 Å². The van der Waals surface area contributed by atoms with Gasteiger partial charge in [-0.1, -0.05) is 0 Å². The van der Waals surface area contributed by atoms with Crippen molar-refractivity contribution in [2.45, 2.75) is 25.3 Å². The molecule has 0 bridgehead atoms. The van der Waals surface area contributed by atoms with Crippen LogP contribution in [0, 0.1) is 0 Å². The van der Waals surface area contributed by atoms with Crippen molar-refractivity contribution in [3.63, 3.8) is 0 Å². The van der Waals surface area contributed by atoms with E-state index in [1.807, 2.05) is 0 Å². The number of nitrogens with one attached hydrogen (secondary N) is 1. The lowest BCUT2D eigenvalue weighted by molar-refractivity contribution is 0.860. The summed E-state index contributed by atoms with van der Waals surface area (Å²) in [4.78, 5) is 16.1. The molecule has 6 heteroatoms. The molecule has 0 radical (unpaired) electrons. The van der Waals surface area contributed by atoms with E-state index in [4.69, 9.17) is 5.73 Å². The van der Waals surface area contributed by atoms with E-state index in [9.17, 15) is 4.79 Å². The van der Waals surface area contributed by atoms with Crippen LogP contribution in [0.15, 0.2) is 11.0 Å². The van der Waals surface area contributed by atoms with Gasteiger partial charge in [-0.2, -0.15) is 5.10 Å². The minimum absolute atomic E-state index is 0.0989. The Bertz CT molecular complexity index is 565. The fourth-order valence-electron chi connectivity index (χ4n) is 1.70. The van der Waals surface area contributed by atoms with Crippen molar-refractivity contribution in [2.75, 3.05) is 0 Å². The van der Waals surface area contributed by atoms with E-state index >= 15 is 0 Å². The van der Waals surface area contributed by atoms with E-state index in [0.717, 1.165) is 18.7 Å². The Morgan fingerprint density at radius 3 is 3.07 bits per heavy atom. The second-order valence-corrected chi connectivity index (χ2v) is 3.81. The molecule has 0 aliphatic heterocycles. The summed E-state index contributed by atoms with van der Waals surface area (Å²) in [6, 6.07) is 0. The van der Waals surface area contributed by atoms with Crippen molar-refractivity contribution in [1.82, 2.24) is 19.6 Å². The molecule has 0 unspecified atom stereocenters. The van der Waals surface area contributed by atoms with Gasteiger partial charge >= 0.3 is 0 Å². The predicted molar refractivity (Wildman–Crippen MR) is 53.5 cm³/mol. The summed E-state index contributed by atoms with van der Waals surface area (Å²) >= 11 is 0. The van der Waals surface area contributed by atoms with Gasteiger partial charge in [0.1, 0.15) is 5.82 Å². The van der Waals surface area contributed by atoms with Gasteiger partial charge in [-0.15, -0.1) is 0 Å². The first-order valence-corrected chi connectivity index (χ1v) is 4.96. The molecular weight excluding hydrogens is 194 g/mol. The molecule has 1 aliphatic rings. The van der Waals surface area contributed by atoms with E-state index in [1.165, 1.54) is 6.20 Å². The smallest absolute Gasteiger partial charge is 0.265 e. The summed E-state index contributed by atoms with van der Waals surface area (Å²) in [7, 11) is 0. The van der Waals surface area contributed by atoms with Crippen LogP contribution in [0.4, 0.5) is 0 Å². The van der Waals surface area contributed by atoms with Gasteiger partial charge in [-0.25, -0.2) is 14.5 Å². The first-order valence-electron chi connectivity index (χ1n) is 4.96. The molecule has 3 rings (SSSR count). The predicted octanol–water partition coefficient (Wildman–Crippen LogP) is -0.246. The van der Waals surface area contributed by atoms with Crippen LogP contribution in [0.2, 0.25) is 0 Å². The molecule has 2 aromatic heterocycles. The third-order valence-electron chi connectivity index (χ3n) is 2.69. The molecule has 78 valence electrons. The second kappa shape index (κ2) is 2.90. The van der Waals surface area contributed by atoms with Crippen LogP contribution in [0.3, 0.4) is 0 Å². The number of fused-ring (bicyclic) bond motifs is 1. The minimum atomic E-state index is -0.0989. The molecule has 2 heterocycles. The summed E-state index contributed by atoms with van der Waals surface area (Å²) in [5.41, 5.74) is 5.89. The lowest BCUT2D eigenvalue weighted by Gasteiger charge is -1.98. The topological polar surface area (TPSA) is 89.1 Å². The number of aromatic nitrogens is 4. The molecule has 1 aliphatic carbocycles. The Morgan fingerprint density at radius 2 is 2.40 bits per heavy atom. The number of H-pyrrole nitrogens is 1. The zero-order valence-electron chi connectivity index (χ0n) is 8.10.